The monoisotopic (exact) mass is 267 g/mol. The van der Waals surface area contributed by atoms with Crippen LogP contribution in [0.25, 0.3) is 0 Å². The van der Waals surface area contributed by atoms with Gasteiger partial charge in [0.15, 0.2) is 0 Å². The highest BCUT2D eigenvalue weighted by Gasteiger charge is 2.17. The molecule has 0 aromatic heterocycles. The largest absolute Gasteiger partial charge is 0.481 e. The molecule has 19 heavy (non-hydrogen) atoms. The smallest absolute Gasteiger partial charge is 0.305 e. The van der Waals surface area contributed by atoms with Crippen molar-refractivity contribution in [3.8, 4) is 0 Å². The highest BCUT2D eigenvalue weighted by molar-refractivity contribution is 5.96. The number of nitrogens with zero attached hydrogens (tertiary/aromatic N) is 1. The van der Waals surface area contributed by atoms with Gasteiger partial charge in [0.1, 0.15) is 5.69 Å². The summed E-state index contributed by atoms with van der Waals surface area (Å²) in [7, 11) is 0. The standard InChI is InChI=1S/C11H13N3O5/c1-6(4-10(15)16)13-11(17)7-2-3-8(12)9(5-7)14(18)19/h2-3,5-6H,4,12H2,1H3,(H,13,17)(H,15,16). The number of nitro benzene ring substituents is 1. The van der Waals surface area contributed by atoms with Gasteiger partial charge in [-0.3, -0.25) is 19.7 Å². The van der Waals surface area contributed by atoms with Crippen LogP contribution in [0.1, 0.15) is 23.7 Å². The molecule has 0 spiro atoms. The number of carboxylic acids is 1. The fourth-order valence-corrected chi connectivity index (χ4v) is 1.46. The van der Waals surface area contributed by atoms with Crippen molar-refractivity contribution in [3.05, 3.63) is 33.9 Å². The molecule has 1 unspecified atom stereocenters. The molecule has 1 aromatic rings. The van der Waals surface area contributed by atoms with E-state index in [-0.39, 0.29) is 23.4 Å². The zero-order valence-corrected chi connectivity index (χ0v) is 10.1. The van der Waals surface area contributed by atoms with E-state index in [1.165, 1.54) is 19.1 Å². The minimum atomic E-state index is -1.05. The number of nitrogens with one attached hydrogen (secondary N) is 1. The molecule has 0 saturated carbocycles. The third-order valence-corrected chi connectivity index (χ3v) is 2.35. The van der Waals surface area contributed by atoms with Gasteiger partial charge in [-0.1, -0.05) is 0 Å². The molecular formula is C11H13N3O5. The second kappa shape index (κ2) is 5.80. The fraction of sp³-hybridized carbons (Fsp3) is 0.273. The summed E-state index contributed by atoms with van der Waals surface area (Å²) in [5.41, 5.74) is 5.06. The van der Waals surface area contributed by atoms with Gasteiger partial charge in [-0.2, -0.15) is 0 Å². The Morgan fingerprint density at radius 2 is 2.16 bits per heavy atom. The number of anilines is 1. The van der Waals surface area contributed by atoms with E-state index >= 15 is 0 Å². The Kier molecular flexibility index (Phi) is 4.41. The number of nitrogen functional groups attached to an aromatic ring is 1. The molecule has 0 aliphatic heterocycles. The number of nitrogens with two attached hydrogens (primary N) is 1. The van der Waals surface area contributed by atoms with Crippen molar-refractivity contribution < 1.29 is 19.6 Å². The fourth-order valence-electron chi connectivity index (χ4n) is 1.46. The van der Waals surface area contributed by atoms with Crippen molar-refractivity contribution >= 4 is 23.3 Å². The van der Waals surface area contributed by atoms with Gasteiger partial charge in [-0.25, -0.2) is 0 Å². The van der Waals surface area contributed by atoms with Gasteiger partial charge in [0, 0.05) is 17.7 Å². The second-order valence-electron chi connectivity index (χ2n) is 4.00. The summed E-state index contributed by atoms with van der Waals surface area (Å²) < 4.78 is 0. The third-order valence-electron chi connectivity index (χ3n) is 2.35. The van der Waals surface area contributed by atoms with E-state index in [0.29, 0.717) is 0 Å². The lowest BCUT2D eigenvalue weighted by molar-refractivity contribution is -0.383. The van der Waals surface area contributed by atoms with Crippen LogP contribution < -0.4 is 11.1 Å². The van der Waals surface area contributed by atoms with Gasteiger partial charge in [-0.05, 0) is 19.1 Å². The van der Waals surface area contributed by atoms with Gasteiger partial charge < -0.3 is 16.2 Å². The Morgan fingerprint density at radius 1 is 1.53 bits per heavy atom. The van der Waals surface area contributed by atoms with Crippen LogP contribution in [0.4, 0.5) is 11.4 Å². The summed E-state index contributed by atoms with van der Waals surface area (Å²) in [6.07, 6.45) is -0.233. The lowest BCUT2D eigenvalue weighted by Gasteiger charge is -2.11. The molecule has 0 radical (unpaired) electrons. The zero-order chi connectivity index (χ0) is 14.6. The molecule has 1 amide bonds. The number of carboxylic acid groups (broad SMARTS) is 1. The van der Waals surface area contributed by atoms with Crippen LogP contribution in [-0.4, -0.2) is 27.9 Å². The first kappa shape index (κ1) is 14.4. The Bertz CT molecular complexity index is 529. The zero-order valence-electron chi connectivity index (χ0n) is 10.1. The van der Waals surface area contributed by atoms with E-state index < -0.39 is 22.8 Å². The van der Waals surface area contributed by atoms with Crippen molar-refractivity contribution in [1.29, 1.82) is 0 Å². The quantitative estimate of drug-likeness (QED) is 0.409. The Balaban J connectivity index is 2.86. The van der Waals surface area contributed by atoms with Crippen molar-refractivity contribution in [2.24, 2.45) is 0 Å². The first-order chi connectivity index (χ1) is 8.81. The molecule has 0 fully saturated rings. The summed E-state index contributed by atoms with van der Waals surface area (Å²) in [4.78, 5) is 32.2. The van der Waals surface area contributed by atoms with E-state index in [1.54, 1.807) is 0 Å². The summed E-state index contributed by atoms with van der Waals surface area (Å²) in [6, 6.07) is 3.07. The number of aliphatic carboxylic acids is 1. The van der Waals surface area contributed by atoms with Crippen LogP contribution in [0, 0.1) is 10.1 Å². The maximum absolute atomic E-state index is 11.8. The average Bonchev–Trinajstić information content (AvgIpc) is 2.27. The Hall–Kier alpha value is -2.64. The number of nitro groups is 1. The molecule has 0 aliphatic carbocycles. The normalized spacial score (nSPS) is 11.6. The third kappa shape index (κ3) is 3.95. The first-order valence-electron chi connectivity index (χ1n) is 5.38. The van der Waals surface area contributed by atoms with E-state index in [9.17, 15) is 19.7 Å². The number of carbonyl (C=O) groups excluding carboxylic acids is 1. The summed E-state index contributed by atoms with van der Waals surface area (Å²) >= 11 is 0. The molecule has 0 aliphatic rings. The minimum Gasteiger partial charge on any atom is -0.481 e. The van der Waals surface area contributed by atoms with Crippen LogP contribution in [0.15, 0.2) is 18.2 Å². The lowest BCUT2D eigenvalue weighted by Crippen LogP contribution is -2.34. The van der Waals surface area contributed by atoms with Crippen LogP contribution in [-0.2, 0) is 4.79 Å². The van der Waals surface area contributed by atoms with Crippen molar-refractivity contribution in [2.75, 3.05) is 5.73 Å². The molecule has 102 valence electrons. The SMILES string of the molecule is CC(CC(=O)O)NC(=O)c1ccc(N)c([N+](=O)[O-])c1. The highest BCUT2D eigenvalue weighted by Crippen LogP contribution is 2.22. The first-order valence-corrected chi connectivity index (χ1v) is 5.38. The van der Waals surface area contributed by atoms with Crippen molar-refractivity contribution in [1.82, 2.24) is 5.32 Å². The maximum Gasteiger partial charge on any atom is 0.305 e. The number of hydrogen-bond acceptors (Lipinski definition) is 5. The van der Waals surface area contributed by atoms with Gasteiger partial charge in [0.2, 0.25) is 0 Å². The van der Waals surface area contributed by atoms with Crippen LogP contribution >= 0.6 is 0 Å². The molecule has 8 nitrogen and oxygen atoms in total. The molecule has 8 heteroatoms. The van der Waals surface area contributed by atoms with E-state index in [1.807, 2.05) is 0 Å². The van der Waals surface area contributed by atoms with Crippen molar-refractivity contribution in [2.45, 2.75) is 19.4 Å². The van der Waals surface area contributed by atoms with Gasteiger partial charge in [0.25, 0.3) is 11.6 Å². The maximum atomic E-state index is 11.8. The second-order valence-corrected chi connectivity index (χ2v) is 4.00. The van der Waals surface area contributed by atoms with E-state index in [4.69, 9.17) is 10.8 Å². The molecule has 1 aromatic carbocycles. The number of benzene rings is 1. The molecule has 0 bridgehead atoms. The van der Waals surface area contributed by atoms with Crippen LogP contribution in [0.2, 0.25) is 0 Å². The number of rotatable bonds is 5. The molecule has 0 heterocycles. The molecule has 1 rings (SSSR count). The van der Waals surface area contributed by atoms with Crippen molar-refractivity contribution in [3.63, 3.8) is 0 Å². The lowest BCUT2D eigenvalue weighted by atomic mass is 10.1. The van der Waals surface area contributed by atoms with E-state index in [2.05, 4.69) is 5.32 Å². The van der Waals surface area contributed by atoms with Gasteiger partial charge in [0.05, 0.1) is 11.3 Å². The molecule has 0 saturated heterocycles. The number of amides is 1. The summed E-state index contributed by atoms with van der Waals surface area (Å²) in [5.74, 6) is -1.63. The highest BCUT2D eigenvalue weighted by atomic mass is 16.6. The van der Waals surface area contributed by atoms with Gasteiger partial charge >= 0.3 is 5.97 Å². The predicted octanol–water partition coefficient (Wildman–Crippen LogP) is 0.770. The van der Waals surface area contributed by atoms with E-state index in [0.717, 1.165) is 6.07 Å². The van der Waals surface area contributed by atoms with Crippen LogP contribution in [0.5, 0.6) is 0 Å². The predicted molar refractivity (Wildman–Crippen MR) is 66.7 cm³/mol. The molecule has 1 atom stereocenters. The molecule has 4 N–H and O–H groups in total. The number of hydrogen-bond donors (Lipinski definition) is 3. The number of carbonyl (C=O) groups is 2. The Labute approximate surface area is 108 Å². The summed E-state index contributed by atoms with van der Waals surface area (Å²) in [5, 5.41) is 21.7. The minimum absolute atomic E-state index is 0.0415. The van der Waals surface area contributed by atoms with Gasteiger partial charge in [-0.15, -0.1) is 0 Å². The topological polar surface area (TPSA) is 136 Å². The Morgan fingerprint density at radius 3 is 2.68 bits per heavy atom. The summed E-state index contributed by atoms with van der Waals surface area (Å²) in [6.45, 7) is 1.53. The van der Waals surface area contributed by atoms with Crippen LogP contribution in [0.3, 0.4) is 0 Å². The average molecular weight is 267 g/mol. The molecular weight excluding hydrogens is 254 g/mol.